The minimum Gasteiger partial charge on any atom is -0.485 e. The third-order valence-corrected chi connectivity index (χ3v) is 6.54. The number of hydrogen-bond donors (Lipinski definition) is 2. The maximum Gasteiger partial charge on any atom is 0.336 e. The monoisotopic (exact) mass is 488 g/mol. The molecule has 0 bridgehead atoms. The van der Waals surface area contributed by atoms with Crippen molar-refractivity contribution in [1.82, 2.24) is 5.32 Å². The fourth-order valence-corrected chi connectivity index (χ4v) is 4.70. The van der Waals surface area contributed by atoms with Crippen LogP contribution < -0.4 is 15.0 Å². The standard InChI is InChI=1S/C29H28N2O3.ClH/c1-19-14-15-22(16-26(19)29(32)33)31-18-23(34-28-13-6-5-12-27(28)31)17-30-20(2)24-11-7-9-21-8-3-4-10-25(21)24;/h3-16,20,23,30H,17-18H2,1-2H3,(H,32,33);1H/t20-,23-;/m1./s1. The number of aryl methyl sites for hydroxylation is 1. The van der Waals surface area contributed by atoms with Crippen molar-refractivity contribution in [3.05, 3.63) is 102 Å². The Kier molecular flexibility index (Phi) is 7.29. The van der Waals surface area contributed by atoms with Gasteiger partial charge >= 0.3 is 5.97 Å². The second kappa shape index (κ2) is 10.4. The zero-order valence-corrected chi connectivity index (χ0v) is 20.6. The molecule has 0 aliphatic carbocycles. The molecule has 0 radical (unpaired) electrons. The van der Waals surface area contributed by atoms with Crippen LogP contribution in [-0.4, -0.2) is 30.3 Å². The van der Waals surface area contributed by atoms with Gasteiger partial charge in [-0.05, 0) is 60.0 Å². The van der Waals surface area contributed by atoms with Crippen LogP contribution in [-0.2, 0) is 0 Å². The van der Waals surface area contributed by atoms with Gasteiger partial charge in [-0.2, -0.15) is 0 Å². The number of rotatable bonds is 6. The number of hydrogen-bond acceptors (Lipinski definition) is 4. The molecule has 0 amide bonds. The van der Waals surface area contributed by atoms with E-state index < -0.39 is 5.97 Å². The summed E-state index contributed by atoms with van der Waals surface area (Å²) in [5.74, 6) is -0.112. The van der Waals surface area contributed by atoms with Crippen molar-refractivity contribution < 1.29 is 14.6 Å². The molecule has 0 spiro atoms. The van der Waals surface area contributed by atoms with Gasteiger partial charge in [0.25, 0.3) is 0 Å². The number of carbonyl (C=O) groups is 1. The fraction of sp³-hybridized carbons (Fsp3) is 0.207. The highest BCUT2D eigenvalue weighted by molar-refractivity contribution is 5.91. The first kappa shape index (κ1) is 24.6. The molecule has 35 heavy (non-hydrogen) atoms. The Morgan fingerprint density at radius 1 is 1.06 bits per heavy atom. The van der Waals surface area contributed by atoms with E-state index >= 15 is 0 Å². The Hall–Kier alpha value is -3.54. The number of fused-ring (bicyclic) bond motifs is 2. The zero-order valence-electron chi connectivity index (χ0n) is 19.8. The van der Waals surface area contributed by atoms with Gasteiger partial charge < -0.3 is 20.1 Å². The van der Waals surface area contributed by atoms with Crippen molar-refractivity contribution in [2.75, 3.05) is 18.0 Å². The molecule has 5 nitrogen and oxygen atoms in total. The largest absolute Gasteiger partial charge is 0.485 e. The van der Waals surface area contributed by atoms with Gasteiger partial charge in [-0.25, -0.2) is 4.79 Å². The zero-order chi connectivity index (χ0) is 23.7. The van der Waals surface area contributed by atoms with Crippen LogP contribution in [0.2, 0.25) is 0 Å². The summed E-state index contributed by atoms with van der Waals surface area (Å²) in [7, 11) is 0. The third kappa shape index (κ3) is 4.97. The van der Waals surface area contributed by atoms with Crippen LogP contribution in [0.3, 0.4) is 0 Å². The maximum absolute atomic E-state index is 11.7. The molecule has 0 fully saturated rings. The minimum atomic E-state index is -0.914. The molecule has 180 valence electrons. The number of ether oxygens (including phenoxy) is 1. The summed E-state index contributed by atoms with van der Waals surface area (Å²) in [4.78, 5) is 13.9. The van der Waals surface area contributed by atoms with Crippen LogP contribution in [0.4, 0.5) is 11.4 Å². The average molecular weight is 489 g/mol. The molecule has 5 rings (SSSR count). The molecule has 1 aliphatic rings. The molecule has 1 aliphatic heterocycles. The van der Waals surface area contributed by atoms with Crippen LogP contribution in [0.1, 0.15) is 34.5 Å². The summed E-state index contributed by atoms with van der Waals surface area (Å²) >= 11 is 0. The van der Waals surface area contributed by atoms with Crippen molar-refractivity contribution in [2.24, 2.45) is 0 Å². The molecule has 0 aromatic heterocycles. The molecule has 4 aromatic carbocycles. The smallest absolute Gasteiger partial charge is 0.336 e. The number of halogens is 1. The molecule has 0 saturated carbocycles. The molecule has 2 atom stereocenters. The van der Waals surface area contributed by atoms with Gasteiger partial charge in [0.2, 0.25) is 0 Å². The van der Waals surface area contributed by atoms with Crippen LogP contribution >= 0.6 is 12.4 Å². The molecule has 0 saturated heterocycles. The van der Waals surface area contributed by atoms with Crippen molar-refractivity contribution in [1.29, 1.82) is 0 Å². The molecular weight excluding hydrogens is 460 g/mol. The number of benzene rings is 4. The highest BCUT2D eigenvalue weighted by Crippen LogP contribution is 2.38. The number of carboxylic acids is 1. The van der Waals surface area contributed by atoms with E-state index in [-0.39, 0.29) is 24.6 Å². The van der Waals surface area contributed by atoms with Crippen LogP contribution in [0, 0.1) is 6.92 Å². The summed E-state index contributed by atoms with van der Waals surface area (Å²) < 4.78 is 6.34. The van der Waals surface area contributed by atoms with Gasteiger partial charge in [-0.15, -0.1) is 12.4 Å². The van der Waals surface area contributed by atoms with Crippen LogP contribution in [0.25, 0.3) is 10.8 Å². The number of aromatic carboxylic acids is 1. The van der Waals surface area contributed by atoms with E-state index in [4.69, 9.17) is 4.74 Å². The van der Waals surface area contributed by atoms with Crippen molar-refractivity contribution in [2.45, 2.75) is 26.0 Å². The van der Waals surface area contributed by atoms with Gasteiger partial charge in [-0.3, -0.25) is 0 Å². The Labute approximate surface area is 211 Å². The molecule has 2 N–H and O–H groups in total. The van der Waals surface area contributed by atoms with E-state index in [9.17, 15) is 9.90 Å². The van der Waals surface area contributed by atoms with E-state index in [0.29, 0.717) is 18.7 Å². The number of carboxylic acid groups (broad SMARTS) is 1. The number of anilines is 2. The minimum absolute atomic E-state index is 0. The van der Waals surface area contributed by atoms with Gasteiger partial charge in [0.15, 0.2) is 0 Å². The van der Waals surface area contributed by atoms with Crippen molar-refractivity contribution >= 4 is 40.5 Å². The third-order valence-electron chi connectivity index (χ3n) is 6.54. The van der Waals surface area contributed by atoms with E-state index in [1.807, 2.05) is 43.3 Å². The Morgan fingerprint density at radius 2 is 1.80 bits per heavy atom. The lowest BCUT2D eigenvalue weighted by molar-refractivity contribution is 0.0696. The predicted molar refractivity (Wildman–Crippen MR) is 144 cm³/mol. The highest BCUT2D eigenvalue weighted by Gasteiger charge is 2.27. The van der Waals surface area contributed by atoms with Crippen LogP contribution in [0.15, 0.2) is 84.9 Å². The van der Waals surface area contributed by atoms with E-state index in [0.717, 1.165) is 22.7 Å². The first-order valence-corrected chi connectivity index (χ1v) is 11.6. The van der Waals surface area contributed by atoms with Crippen molar-refractivity contribution in [3.63, 3.8) is 0 Å². The second-order valence-corrected chi connectivity index (χ2v) is 8.82. The van der Waals surface area contributed by atoms with Gasteiger partial charge in [0, 0.05) is 18.3 Å². The lowest BCUT2D eigenvalue weighted by Crippen LogP contribution is -2.44. The highest BCUT2D eigenvalue weighted by atomic mass is 35.5. The summed E-state index contributed by atoms with van der Waals surface area (Å²) in [5.41, 5.74) is 4.13. The SMILES string of the molecule is Cc1ccc(N2C[C@@H](CN[C@H](C)c3cccc4ccccc34)Oc3ccccc32)cc1C(=O)O.Cl. The van der Waals surface area contributed by atoms with Crippen molar-refractivity contribution in [3.8, 4) is 5.75 Å². The predicted octanol–water partition coefficient (Wildman–Crippen LogP) is 6.52. The molecule has 0 unspecified atom stereocenters. The first-order valence-electron chi connectivity index (χ1n) is 11.6. The maximum atomic E-state index is 11.7. The van der Waals surface area contributed by atoms with Gasteiger partial charge in [0.1, 0.15) is 11.9 Å². The van der Waals surface area contributed by atoms with E-state index in [2.05, 4.69) is 59.6 Å². The lowest BCUT2D eigenvalue weighted by Gasteiger charge is -2.37. The Bertz CT molecular complexity index is 1350. The fourth-order valence-electron chi connectivity index (χ4n) is 4.70. The topological polar surface area (TPSA) is 61.8 Å². The number of nitrogens with zero attached hydrogens (tertiary/aromatic N) is 1. The van der Waals surface area contributed by atoms with Gasteiger partial charge in [0.05, 0.1) is 17.8 Å². The van der Waals surface area contributed by atoms with E-state index in [1.54, 1.807) is 6.07 Å². The molecule has 6 heteroatoms. The van der Waals surface area contributed by atoms with Gasteiger partial charge in [-0.1, -0.05) is 60.7 Å². The number of para-hydroxylation sites is 2. The average Bonchev–Trinajstić information content (AvgIpc) is 2.86. The molecule has 1 heterocycles. The lowest BCUT2D eigenvalue weighted by atomic mass is 9.99. The van der Waals surface area contributed by atoms with E-state index in [1.165, 1.54) is 16.3 Å². The number of nitrogens with one attached hydrogen (secondary N) is 1. The molecular formula is C29H29ClN2O3. The van der Waals surface area contributed by atoms with Crippen LogP contribution in [0.5, 0.6) is 5.75 Å². The second-order valence-electron chi connectivity index (χ2n) is 8.82. The molecule has 4 aromatic rings. The normalized spacial score (nSPS) is 15.6. The summed E-state index contributed by atoms with van der Waals surface area (Å²) in [5, 5.41) is 15.8. The Morgan fingerprint density at radius 3 is 2.63 bits per heavy atom. The first-order chi connectivity index (χ1) is 16.5. The quantitative estimate of drug-likeness (QED) is 0.323. The summed E-state index contributed by atoms with van der Waals surface area (Å²) in [6.45, 7) is 5.28. The Balaban J connectivity index is 0.00000289. The summed E-state index contributed by atoms with van der Waals surface area (Å²) in [6.07, 6.45) is -0.0955. The summed E-state index contributed by atoms with van der Waals surface area (Å²) in [6, 6.07) is 28.5.